The summed E-state index contributed by atoms with van der Waals surface area (Å²) in [5, 5.41) is 4.24. The lowest BCUT2D eigenvalue weighted by molar-refractivity contribution is -0.109. The van der Waals surface area contributed by atoms with E-state index in [4.69, 9.17) is 0 Å². The second-order valence-corrected chi connectivity index (χ2v) is 4.04. The fraction of sp³-hybridized carbons (Fsp3) is 0.286. The first-order chi connectivity index (χ1) is 8.40. The Morgan fingerprint density at radius 2 is 2.06 bits per heavy atom. The zero-order valence-corrected chi connectivity index (χ0v) is 9.67. The smallest absolute Gasteiger partial charge is 0.136 e. The fourth-order valence-electron chi connectivity index (χ4n) is 1.84. The summed E-state index contributed by atoms with van der Waals surface area (Å²) in [5.41, 5.74) is 1.06. The predicted octanol–water partition coefficient (Wildman–Crippen LogP) is 2.17. The van der Waals surface area contributed by atoms with Gasteiger partial charge in [0.05, 0.1) is 11.6 Å². The van der Waals surface area contributed by atoms with E-state index in [1.807, 2.05) is 30.5 Å². The number of aromatic nitrogens is 1. The minimum atomic E-state index is 0.167. The number of fused-ring (bicyclic) bond motifs is 1. The molecular weight excluding hydrogens is 212 g/mol. The Morgan fingerprint density at radius 3 is 2.71 bits per heavy atom. The summed E-state index contributed by atoms with van der Waals surface area (Å²) >= 11 is 0. The number of para-hydroxylation sites is 1. The molecule has 2 heterocycles. The van der Waals surface area contributed by atoms with Gasteiger partial charge in [0.1, 0.15) is 6.29 Å². The van der Waals surface area contributed by atoms with E-state index in [1.54, 1.807) is 0 Å². The summed E-state index contributed by atoms with van der Waals surface area (Å²) < 4.78 is 0. The number of aldehydes is 1. The Morgan fingerprint density at radius 1 is 1.24 bits per heavy atom. The van der Waals surface area contributed by atoms with Crippen molar-refractivity contribution in [1.29, 1.82) is 0 Å². The molecule has 1 aliphatic heterocycles. The second-order valence-electron chi connectivity index (χ2n) is 4.04. The third-order valence-corrected chi connectivity index (χ3v) is 2.77. The zero-order valence-electron chi connectivity index (χ0n) is 9.67. The van der Waals surface area contributed by atoms with Gasteiger partial charge >= 0.3 is 0 Å². The number of pyridine rings is 1. The first-order valence-corrected chi connectivity index (χ1v) is 5.88. The van der Waals surface area contributed by atoms with E-state index >= 15 is 0 Å². The third-order valence-electron chi connectivity index (χ3n) is 2.77. The van der Waals surface area contributed by atoms with Crippen LogP contribution in [0.5, 0.6) is 0 Å². The van der Waals surface area contributed by atoms with Crippen molar-refractivity contribution in [1.82, 2.24) is 10.3 Å². The fourth-order valence-corrected chi connectivity index (χ4v) is 1.84. The molecule has 0 saturated carbocycles. The Balaban J connectivity index is 0.000000136. The van der Waals surface area contributed by atoms with E-state index in [9.17, 15) is 4.79 Å². The van der Waals surface area contributed by atoms with E-state index in [-0.39, 0.29) is 6.04 Å². The molecule has 3 nitrogen and oxygen atoms in total. The first-order valence-electron chi connectivity index (χ1n) is 5.88. The highest BCUT2D eigenvalue weighted by Crippen LogP contribution is 2.07. The molecule has 1 aromatic heterocycles. The van der Waals surface area contributed by atoms with Crippen LogP contribution in [0.15, 0.2) is 42.6 Å². The molecule has 88 valence electrons. The van der Waals surface area contributed by atoms with Gasteiger partial charge in [0, 0.05) is 11.6 Å². The number of rotatable bonds is 1. The van der Waals surface area contributed by atoms with Crippen molar-refractivity contribution in [3.05, 3.63) is 42.6 Å². The summed E-state index contributed by atoms with van der Waals surface area (Å²) in [6.45, 7) is 1.02. The quantitative estimate of drug-likeness (QED) is 0.761. The van der Waals surface area contributed by atoms with Crippen molar-refractivity contribution >= 4 is 17.2 Å². The van der Waals surface area contributed by atoms with Crippen molar-refractivity contribution in [3.8, 4) is 0 Å². The number of carbonyl (C=O) groups is 1. The highest BCUT2D eigenvalue weighted by atomic mass is 16.1. The molecule has 1 fully saturated rings. The zero-order chi connectivity index (χ0) is 11.9. The van der Waals surface area contributed by atoms with Gasteiger partial charge in [-0.3, -0.25) is 4.98 Å². The van der Waals surface area contributed by atoms with Crippen molar-refractivity contribution in [2.24, 2.45) is 0 Å². The van der Waals surface area contributed by atoms with E-state index in [0.717, 1.165) is 31.2 Å². The number of carbonyl (C=O) groups excluding carboxylic acids is 1. The maximum Gasteiger partial charge on any atom is 0.136 e. The van der Waals surface area contributed by atoms with Gasteiger partial charge < -0.3 is 10.1 Å². The lowest BCUT2D eigenvalue weighted by Crippen LogP contribution is -2.21. The summed E-state index contributed by atoms with van der Waals surface area (Å²) in [5.74, 6) is 0. The maximum atomic E-state index is 9.94. The van der Waals surface area contributed by atoms with Gasteiger partial charge in [-0.1, -0.05) is 24.3 Å². The standard InChI is InChI=1S/C9H7N.C5H9NO/c1-2-6-9-8(4-1)5-3-7-10-9;7-4-5-2-1-3-6-5/h1-7H;4-6H,1-3H2. The number of hydrogen-bond acceptors (Lipinski definition) is 3. The van der Waals surface area contributed by atoms with E-state index in [1.165, 1.54) is 5.39 Å². The van der Waals surface area contributed by atoms with Crippen LogP contribution in [0, 0.1) is 0 Å². The molecular formula is C14H16N2O. The second kappa shape index (κ2) is 6.11. The Hall–Kier alpha value is -1.74. The Labute approximate surface area is 101 Å². The monoisotopic (exact) mass is 228 g/mol. The molecule has 1 atom stereocenters. The SMILES string of the molecule is O=CC1CCCN1.c1ccc2ncccc2c1. The number of nitrogens with zero attached hydrogens (tertiary/aromatic N) is 1. The van der Waals surface area contributed by atoms with Gasteiger partial charge in [-0.05, 0) is 31.5 Å². The summed E-state index contributed by atoms with van der Waals surface area (Å²) in [6.07, 6.45) is 4.97. The molecule has 3 rings (SSSR count). The van der Waals surface area contributed by atoms with Crippen LogP contribution in [-0.2, 0) is 4.79 Å². The number of nitrogens with one attached hydrogen (secondary N) is 1. The maximum absolute atomic E-state index is 9.94. The molecule has 0 spiro atoms. The molecule has 2 aromatic rings. The van der Waals surface area contributed by atoms with Crippen LogP contribution in [0.25, 0.3) is 10.9 Å². The van der Waals surface area contributed by atoms with E-state index < -0.39 is 0 Å². The Kier molecular flexibility index (Phi) is 4.22. The van der Waals surface area contributed by atoms with Crippen LogP contribution < -0.4 is 5.32 Å². The molecule has 1 aliphatic rings. The van der Waals surface area contributed by atoms with E-state index in [0.29, 0.717) is 0 Å². The molecule has 1 unspecified atom stereocenters. The van der Waals surface area contributed by atoms with Crippen LogP contribution in [0.4, 0.5) is 0 Å². The third kappa shape index (κ3) is 3.36. The molecule has 0 aliphatic carbocycles. The van der Waals surface area contributed by atoms with Gasteiger partial charge in [-0.25, -0.2) is 0 Å². The van der Waals surface area contributed by atoms with Crippen LogP contribution in [-0.4, -0.2) is 23.9 Å². The van der Waals surface area contributed by atoms with Gasteiger partial charge in [0.2, 0.25) is 0 Å². The molecule has 0 amide bonds. The molecule has 17 heavy (non-hydrogen) atoms. The van der Waals surface area contributed by atoms with E-state index in [2.05, 4.69) is 22.4 Å². The average molecular weight is 228 g/mol. The minimum absolute atomic E-state index is 0.167. The summed E-state index contributed by atoms with van der Waals surface area (Å²) in [4.78, 5) is 14.1. The van der Waals surface area contributed by atoms with Crippen molar-refractivity contribution in [2.45, 2.75) is 18.9 Å². The summed E-state index contributed by atoms with van der Waals surface area (Å²) in [7, 11) is 0. The minimum Gasteiger partial charge on any atom is -0.308 e. The van der Waals surface area contributed by atoms with Gasteiger partial charge in [0.25, 0.3) is 0 Å². The van der Waals surface area contributed by atoms with Crippen molar-refractivity contribution < 1.29 is 4.79 Å². The van der Waals surface area contributed by atoms with Gasteiger partial charge in [0.15, 0.2) is 0 Å². The summed E-state index contributed by atoms with van der Waals surface area (Å²) in [6, 6.07) is 12.3. The highest BCUT2D eigenvalue weighted by Gasteiger charge is 2.10. The number of benzene rings is 1. The lowest BCUT2D eigenvalue weighted by Gasteiger charge is -1.93. The molecule has 3 heteroatoms. The van der Waals surface area contributed by atoms with Crippen LogP contribution in [0.2, 0.25) is 0 Å². The average Bonchev–Trinajstić information content (AvgIpc) is 2.93. The normalized spacial score (nSPS) is 18.5. The van der Waals surface area contributed by atoms with Gasteiger partial charge in [-0.2, -0.15) is 0 Å². The van der Waals surface area contributed by atoms with Gasteiger partial charge in [-0.15, -0.1) is 0 Å². The first kappa shape index (κ1) is 11.7. The molecule has 0 radical (unpaired) electrons. The molecule has 1 saturated heterocycles. The van der Waals surface area contributed by atoms with Crippen LogP contribution in [0.3, 0.4) is 0 Å². The predicted molar refractivity (Wildman–Crippen MR) is 68.8 cm³/mol. The number of hydrogen-bond donors (Lipinski definition) is 1. The molecule has 1 aromatic carbocycles. The molecule has 1 N–H and O–H groups in total. The molecule has 0 bridgehead atoms. The largest absolute Gasteiger partial charge is 0.308 e. The topological polar surface area (TPSA) is 42.0 Å². The van der Waals surface area contributed by atoms with Crippen LogP contribution in [0.1, 0.15) is 12.8 Å². The van der Waals surface area contributed by atoms with Crippen molar-refractivity contribution in [3.63, 3.8) is 0 Å². The lowest BCUT2D eigenvalue weighted by atomic mass is 10.2. The van der Waals surface area contributed by atoms with Crippen molar-refractivity contribution in [2.75, 3.05) is 6.54 Å². The highest BCUT2D eigenvalue weighted by molar-refractivity contribution is 5.77. The van der Waals surface area contributed by atoms with Crippen LogP contribution >= 0.6 is 0 Å². The Bertz CT molecular complexity index is 413.